The van der Waals surface area contributed by atoms with Crippen LogP contribution in [0.5, 0.6) is 0 Å². The molecule has 0 unspecified atom stereocenters. The van der Waals surface area contributed by atoms with Crippen molar-refractivity contribution in [1.82, 2.24) is 9.13 Å². The summed E-state index contributed by atoms with van der Waals surface area (Å²) in [5, 5.41) is 4.28. The minimum absolute atomic E-state index is 0.193. The van der Waals surface area contributed by atoms with E-state index in [1.165, 1.54) is 21.9 Å². The summed E-state index contributed by atoms with van der Waals surface area (Å²) < 4.78 is 47.1. The monoisotopic (exact) mass is 607 g/mol. The first-order chi connectivity index (χ1) is 25.2. The highest BCUT2D eigenvalue weighted by Gasteiger charge is 2.27. The van der Waals surface area contributed by atoms with Crippen LogP contribution in [0.25, 0.3) is 66.1 Å². The Morgan fingerprint density at radius 3 is 1.77 bits per heavy atom. The van der Waals surface area contributed by atoms with Gasteiger partial charge in [0.15, 0.2) is 0 Å². The second-order valence-corrected chi connectivity index (χ2v) is 12.6. The van der Waals surface area contributed by atoms with Crippen LogP contribution in [0, 0.1) is 0 Å². The highest BCUT2D eigenvalue weighted by Crippen LogP contribution is 2.41. The van der Waals surface area contributed by atoms with Crippen LogP contribution >= 0.6 is 0 Å². The van der Waals surface area contributed by atoms with Gasteiger partial charge in [-0.15, -0.1) is 0 Å². The molecule has 2 heterocycles. The molecule has 0 aliphatic carbocycles. The summed E-state index contributed by atoms with van der Waals surface area (Å²) in [5.74, 6) is 0. The van der Waals surface area contributed by atoms with Gasteiger partial charge in [0.25, 0.3) is 0 Å². The minimum Gasteiger partial charge on any atom is -0.309 e. The number of nitrogens with zero attached hydrogens (tertiary/aromatic N) is 2. The zero-order chi connectivity index (χ0) is 35.9. The van der Waals surface area contributed by atoms with Gasteiger partial charge in [0.1, 0.15) is 0 Å². The van der Waals surface area contributed by atoms with Crippen LogP contribution in [-0.4, -0.2) is 9.13 Å². The fourth-order valence-corrected chi connectivity index (χ4v) is 7.37. The van der Waals surface area contributed by atoms with E-state index in [1.807, 2.05) is 24.3 Å². The fourth-order valence-electron chi connectivity index (χ4n) is 7.37. The Kier molecular flexibility index (Phi) is 5.10. The standard InChI is InChI=1S/C45H34N2/c1-45(2,33-17-7-4-8-18-33)39-21-11-14-24-44(39)47-42-27-25-32(31-15-5-3-6-16-31)29-37(42)38-30-34(26-28-43(38)47)46-40-22-12-9-19-35(40)36-20-10-13-23-41(36)46/h3-30H,1-2H3/i3D,5D,6D,15D,16D. The summed E-state index contributed by atoms with van der Waals surface area (Å²) in [5.41, 5.74) is 9.07. The van der Waals surface area contributed by atoms with Gasteiger partial charge in [-0.3, -0.25) is 0 Å². The van der Waals surface area contributed by atoms with Crippen molar-refractivity contribution in [1.29, 1.82) is 0 Å². The molecular formula is C45H34N2. The van der Waals surface area contributed by atoms with E-state index >= 15 is 0 Å². The third kappa shape index (κ3) is 4.26. The maximum atomic E-state index is 8.76. The lowest BCUT2D eigenvalue weighted by molar-refractivity contribution is 0.637. The second kappa shape index (κ2) is 10.6. The Morgan fingerprint density at radius 2 is 1.04 bits per heavy atom. The summed E-state index contributed by atoms with van der Waals surface area (Å²) in [7, 11) is 0. The quantitative estimate of drug-likeness (QED) is 0.184. The average molecular weight is 608 g/mol. The largest absolute Gasteiger partial charge is 0.309 e. The molecule has 9 aromatic rings. The second-order valence-electron chi connectivity index (χ2n) is 12.6. The van der Waals surface area contributed by atoms with Crippen LogP contribution in [-0.2, 0) is 5.41 Å². The lowest BCUT2D eigenvalue weighted by atomic mass is 9.77. The topological polar surface area (TPSA) is 9.86 Å². The van der Waals surface area contributed by atoms with E-state index in [0.717, 1.165) is 44.2 Å². The molecule has 0 N–H and O–H groups in total. The molecule has 0 atom stereocenters. The van der Waals surface area contributed by atoms with Gasteiger partial charge in [-0.25, -0.2) is 0 Å². The Bertz CT molecular complexity index is 2800. The molecular weight excluding hydrogens is 569 g/mol. The van der Waals surface area contributed by atoms with Gasteiger partial charge >= 0.3 is 0 Å². The first kappa shape index (κ1) is 22.6. The molecule has 0 radical (unpaired) electrons. The molecule has 224 valence electrons. The first-order valence-corrected chi connectivity index (χ1v) is 16.0. The molecule has 0 amide bonds. The predicted octanol–water partition coefficient (Wildman–Crippen LogP) is 11.9. The first-order valence-electron chi connectivity index (χ1n) is 18.5. The summed E-state index contributed by atoms with van der Waals surface area (Å²) in [6.07, 6.45) is 0. The number of para-hydroxylation sites is 3. The summed E-state index contributed by atoms with van der Waals surface area (Å²) >= 11 is 0. The molecule has 0 aliphatic rings. The lowest BCUT2D eigenvalue weighted by Gasteiger charge is -2.29. The molecule has 0 saturated carbocycles. The van der Waals surface area contributed by atoms with Crippen molar-refractivity contribution in [2.75, 3.05) is 0 Å². The van der Waals surface area contributed by atoms with Gasteiger partial charge in [-0.2, -0.15) is 0 Å². The number of hydrogen-bond acceptors (Lipinski definition) is 0. The average Bonchev–Trinajstić information content (AvgIpc) is 3.69. The van der Waals surface area contributed by atoms with Crippen molar-refractivity contribution >= 4 is 43.6 Å². The number of benzene rings is 7. The molecule has 2 heteroatoms. The van der Waals surface area contributed by atoms with Gasteiger partial charge in [-0.05, 0) is 70.8 Å². The van der Waals surface area contributed by atoms with Crippen molar-refractivity contribution in [3.8, 4) is 22.5 Å². The van der Waals surface area contributed by atoms with Crippen molar-refractivity contribution < 1.29 is 6.85 Å². The SMILES string of the molecule is [2H]c1c([2H])c([2H])c(-c2ccc3c(c2)c2cc(-n4c5ccccc5c5ccccc54)ccc2n3-c2ccccc2C(C)(C)c2ccccc2)c([2H])c1[2H]. The Labute approximate surface area is 281 Å². The zero-order valence-electron chi connectivity index (χ0n) is 31.2. The van der Waals surface area contributed by atoms with Crippen molar-refractivity contribution in [3.63, 3.8) is 0 Å². The fraction of sp³-hybridized carbons (Fsp3) is 0.0667. The van der Waals surface area contributed by atoms with Gasteiger partial charge in [0.05, 0.1) is 34.6 Å². The predicted molar refractivity (Wildman–Crippen MR) is 199 cm³/mol. The highest BCUT2D eigenvalue weighted by atomic mass is 15.0. The number of fused-ring (bicyclic) bond motifs is 6. The van der Waals surface area contributed by atoms with Gasteiger partial charge in [-0.1, -0.05) is 135 Å². The van der Waals surface area contributed by atoms with E-state index in [4.69, 9.17) is 6.85 Å². The zero-order valence-corrected chi connectivity index (χ0v) is 26.2. The Balaban J connectivity index is 1.37. The van der Waals surface area contributed by atoms with Gasteiger partial charge in [0.2, 0.25) is 0 Å². The molecule has 9 rings (SSSR count). The number of rotatable bonds is 5. The Hall–Kier alpha value is -5.86. The van der Waals surface area contributed by atoms with E-state index in [2.05, 4.69) is 138 Å². The highest BCUT2D eigenvalue weighted by molar-refractivity contribution is 6.13. The molecule has 0 fully saturated rings. The molecule has 0 aliphatic heterocycles. The third-order valence-electron chi connectivity index (χ3n) is 9.69. The molecule has 7 aromatic carbocycles. The van der Waals surface area contributed by atoms with E-state index in [9.17, 15) is 0 Å². The van der Waals surface area contributed by atoms with E-state index in [-0.39, 0.29) is 35.1 Å². The van der Waals surface area contributed by atoms with Crippen molar-refractivity contribution in [2.24, 2.45) is 0 Å². The van der Waals surface area contributed by atoms with E-state index < -0.39 is 6.04 Å². The van der Waals surface area contributed by atoms with Crippen LogP contribution < -0.4 is 0 Å². The molecule has 47 heavy (non-hydrogen) atoms. The van der Waals surface area contributed by atoms with E-state index in [1.54, 1.807) is 0 Å². The molecule has 2 nitrogen and oxygen atoms in total. The summed E-state index contributed by atoms with van der Waals surface area (Å²) in [4.78, 5) is 0. The van der Waals surface area contributed by atoms with Gasteiger partial charge in [0, 0.05) is 32.6 Å². The van der Waals surface area contributed by atoms with Crippen LogP contribution in [0.4, 0.5) is 0 Å². The maximum absolute atomic E-state index is 8.76. The maximum Gasteiger partial charge on any atom is 0.0629 e. The molecule has 0 bridgehead atoms. The number of hydrogen-bond donors (Lipinski definition) is 0. The Morgan fingerprint density at radius 1 is 0.468 bits per heavy atom. The normalized spacial score (nSPS) is 13.5. The van der Waals surface area contributed by atoms with Gasteiger partial charge < -0.3 is 9.13 Å². The van der Waals surface area contributed by atoms with Crippen LogP contribution in [0.3, 0.4) is 0 Å². The minimum atomic E-state index is -0.398. The summed E-state index contributed by atoms with van der Waals surface area (Å²) in [6, 6.07) is 47.0. The van der Waals surface area contributed by atoms with Crippen molar-refractivity contribution in [3.05, 3.63) is 181 Å². The van der Waals surface area contributed by atoms with Crippen LogP contribution in [0.1, 0.15) is 31.8 Å². The third-order valence-corrected chi connectivity index (χ3v) is 9.69. The van der Waals surface area contributed by atoms with Crippen LogP contribution in [0.15, 0.2) is 170 Å². The molecule has 0 saturated heterocycles. The smallest absolute Gasteiger partial charge is 0.0629 e. The summed E-state index contributed by atoms with van der Waals surface area (Å²) in [6.45, 7) is 4.51. The van der Waals surface area contributed by atoms with Crippen molar-refractivity contribution in [2.45, 2.75) is 19.3 Å². The molecule has 0 spiro atoms. The number of aromatic nitrogens is 2. The molecule has 2 aromatic heterocycles. The lowest BCUT2D eigenvalue weighted by Crippen LogP contribution is -2.21. The van der Waals surface area contributed by atoms with E-state index in [0.29, 0.717) is 5.56 Å². The van der Waals surface area contributed by atoms with Crippen LogP contribution in [0.2, 0.25) is 0 Å².